The molecule has 0 amide bonds. The summed E-state index contributed by atoms with van der Waals surface area (Å²) in [4.78, 5) is 0. The van der Waals surface area contributed by atoms with Gasteiger partial charge in [-0.1, -0.05) is 60.1 Å². The quantitative estimate of drug-likeness (QED) is 0.464. The van der Waals surface area contributed by atoms with Crippen LogP contribution < -0.4 is 0 Å². The Kier molecular flexibility index (Phi) is 6.96. The molecule has 0 aromatic carbocycles. The van der Waals surface area contributed by atoms with Gasteiger partial charge in [-0.25, -0.2) is 0 Å². The molecule has 0 bridgehead atoms. The monoisotopic (exact) mass is 322 g/mol. The number of ether oxygens (including phenoxy) is 1. The van der Waals surface area contributed by atoms with E-state index in [1.165, 1.54) is 25.7 Å². The van der Waals surface area contributed by atoms with Crippen LogP contribution in [0.3, 0.4) is 0 Å². The van der Waals surface area contributed by atoms with Crippen molar-refractivity contribution < 1.29 is 4.74 Å². The molecule has 1 aliphatic carbocycles. The highest BCUT2D eigenvalue weighted by Gasteiger charge is 2.42. The first-order chi connectivity index (χ1) is 10.4. The second-order valence-electron chi connectivity index (χ2n) is 10.1. The van der Waals surface area contributed by atoms with Crippen LogP contribution >= 0.6 is 0 Å². The summed E-state index contributed by atoms with van der Waals surface area (Å²) in [5, 5.41) is 0. The van der Waals surface area contributed by atoms with E-state index in [0.717, 1.165) is 18.3 Å². The van der Waals surface area contributed by atoms with Crippen molar-refractivity contribution in [3.8, 4) is 0 Å². The van der Waals surface area contributed by atoms with Crippen molar-refractivity contribution in [2.45, 2.75) is 93.1 Å². The number of hydrogen-bond acceptors (Lipinski definition) is 1. The Bertz CT molecular complexity index is 387. The van der Waals surface area contributed by atoms with Gasteiger partial charge in [-0.3, -0.25) is 0 Å². The van der Waals surface area contributed by atoms with Crippen molar-refractivity contribution >= 4 is 0 Å². The molecule has 0 saturated carbocycles. The van der Waals surface area contributed by atoms with E-state index in [0.29, 0.717) is 16.7 Å². The molecule has 0 radical (unpaired) electrons. The van der Waals surface area contributed by atoms with Crippen LogP contribution in [0.4, 0.5) is 0 Å². The standard InChI is InChI=1S/C22H42O/c1-10-22(8,16-21(6,7)23-9)19-14-12-11-13-18(19)17(2)15-20(3,4)5/h12,14,17-19H,10-11,13,15-16H2,1-9H3. The molecule has 23 heavy (non-hydrogen) atoms. The molecule has 1 nitrogen and oxygen atoms in total. The van der Waals surface area contributed by atoms with Gasteiger partial charge in [0, 0.05) is 7.11 Å². The molecule has 136 valence electrons. The van der Waals surface area contributed by atoms with Crippen LogP contribution in [0.2, 0.25) is 0 Å². The highest BCUT2D eigenvalue weighted by Crippen LogP contribution is 2.50. The van der Waals surface area contributed by atoms with Gasteiger partial charge < -0.3 is 4.74 Å². The van der Waals surface area contributed by atoms with E-state index in [-0.39, 0.29) is 5.60 Å². The molecule has 1 heteroatoms. The molecule has 0 aromatic rings. The second kappa shape index (κ2) is 7.72. The van der Waals surface area contributed by atoms with E-state index in [4.69, 9.17) is 4.74 Å². The van der Waals surface area contributed by atoms with Gasteiger partial charge in [-0.15, -0.1) is 0 Å². The fraction of sp³-hybridized carbons (Fsp3) is 0.909. The van der Waals surface area contributed by atoms with Crippen LogP contribution in [0.5, 0.6) is 0 Å². The van der Waals surface area contributed by atoms with E-state index < -0.39 is 0 Å². The molecule has 0 N–H and O–H groups in total. The van der Waals surface area contributed by atoms with E-state index >= 15 is 0 Å². The smallest absolute Gasteiger partial charge is 0.0628 e. The third-order valence-corrected chi connectivity index (χ3v) is 6.13. The molecular weight excluding hydrogens is 280 g/mol. The Labute approximate surface area is 146 Å². The van der Waals surface area contributed by atoms with Crippen molar-refractivity contribution in [1.29, 1.82) is 0 Å². The lowest BCUT2D eigenvalue weighted by atomic mass is 9.59. The summed E-state index contributed by atoms with van der Waals surface area (Å²) in [6.07, 6.45) is 11.2. The molecule has 0 fully saturated rings. The maximum atomic E-state index is 5.78. The fourth-order valence-electron chi connectivity index (χ4n) is 4.88. The Morgan fingerprint density at radius 1 is 1.13 bits per heavy atom. The van der Waals surface area contributed by atoms with Crippen LogP contribution in [-0.4, -0.2) is 12.7 Å². The molecule has 0 aromatic heterocycles. The number of methoxy groups -OCH3 is 1. The minimum atomic E-state index is -0.0478. The second-order valence-corrected chi connectivity index (χ2v) is 10.1. The SMILES string of the molecule is CCC(C)(CC(C)(C)OC)C1C=CCCC1C(C)CC(C)(C)C. The van der Waals surface area contributed by atoms with Crippen molar-refractivity contribution in [2.24, 2.45) is 28.6 Å². The highest BCUT2D eigenvalue weighted by atomic mass is 16.5. The lowest BCUT2D eigenvalue weighted by molar-refractivity contribution is -0.0413. The van der Waals surface area contributed by atoms with Gasteiger partial charge in [0.25, 0.3) is 0 Å². The predicted octanol–water partition coefficient (Wildman–Crippen LogP) is 6.87. The Hall–Kier alpha value is -0.300. The Balaban J connectivity index is 3.02. The van der Waals surface area contributed by atoms with Crippen LogP contribution in [0.25, 0.3) is 0 Å². The zero-order valence-electron chi connectivity index (χ0n) is 17.3. The van der Waals surface area contributed by atoms with Gasteiger partial charge in [0.1, 0.15) is 0 Å². The zero-order valence-corrected chi connectivity index (χ0v) is 17.3. The van der Waals surface area contributed by atoms with Crippen molar-refractivity contribution in [2.75, 3.05) is 7.11 Å². The van der Waals surface area contributed by atoms with Crippen LogP contribution in [0, 0.1) is 28.6 Å². The molecule has 0 heterocycles. The minimum absolute atomic E-state index is 0.0478. The first kappa shape index (κ1) is 20.7. The molecule has 1 aliphatic rings. The van der Waals surface area contributed by atoms with E-state index in [1.54, 1.807) is 0 Å². The molecule has 4 unspecified atom stereocenters. The number of hydrogen-bond donors (Lipinski definition) is 0. The van der Waals surface area contributed by atoms with Gasteiger partial charge >= 0.3 is 0 Å². The molecule has 0 aliphatic heterocycles. The average molecular weight is 323 g/mol. The Morgan fingerprint density at radius 3 is 2.22 bits per heavy atom. The summed E-state index contributed by atoms with van der Waals surface area (Å²) < 4.78 is 5.78. The normalized spacial score (nSPS) is 26.8. The van der Waals surface area contributed by atoms with Gasteiger partial charge in [0.2, 0.25) is 0 Å². The maximum Gasteiger partial charge on any atom is 0.0628 e. The lowest BCUT2D eigenvalue weighted by Gasteiger charge is -2.47. The topological polar surface area (TPSA) is 9.23 Å². The summed E-state index contributed by atoms with van der Waals surface area (Å²) in [7, 11) is 1.85. The lowest BCUT2D eigenvalue weighted by Crippen LogP contribution is -2.41. The average Bonchev–Trinajstić information content (AvgIpc) is 2.45. The van der Waals surface area contributed by atoms with Crippen molar-refractivity contribution in [3.05, 3.63) is 12.2 Å². The van der Waals surface area contributed by atoms with E-state index in [2.05, 4.69) is 67.5 Å². The molecule has 4 atom stereocenters. The number of rotatable bonds is 7. The van der Waals surface area contributed by atoms with Crippen molar-refractivity contribution in [3.63, 3.8) is 0 Å². The first-order valence-corrected chi connectivity index (χ1v) is 9.66. The van der Waals surface area contributed by atoms with Crippen LogP contribution in [0.1, 0.15) is 87.5 Å². The summed E-state index contributed by atoms with van der Waals surface area (Å²) in [6, 6.07) is 0. The summed E-state index contributed by atoms with van der Waals surface area (Å²) in [6.45, 7) is 18.9. The Morgan fingerprint density at radius 2 is 1.74 bits per heavy atom. The fourth-order valence-corrected chi connectivity index (χ4v) is 4.88. The largest absolute Gasteiger partial charge is 0.379 e. The van der Waals surface area contributed by atoms with E-state index in [1.807, 2.05) is 7.11 Å². The third kappa shape index (κ3) is 5.93. The highest BCUT2D eigenvalue weighted by molar-refractivity contribution is 5.06. The summed E-state index contributed by atoms with van der Waals surface area (Å²) in [5.41, 5.74) is 0.681. The maximum absolute atomic E-state index is 5.78. The molecule has 0 saturated heterocycles. The van der Waals surface area contributed by atoms with Gasteiger partial charge in [0.05, 0.1) is 5.60 Å². The van der Waals surface area contributed by atoms with Crippen LogP contribution in [-0.2, 0) is 4.74 Å². The van der Waals surface area contributed by atoms with Gasteiger partial charge in [-0.05, 0) is 68.1 Å². The summed E-state index contributed by atoms with van der Waals surface area (Å²) in [5.74, 6) is 2.26. The minimum Gasteiger partial charge on any atom is -0.379 e. The molecular formula is C22H42O. The first-order valence-electron chi connectivity index (χ1n) is 9.66. The molecule has 1 rings (SSSR count). The van der Waals surface area contributed by atoms with Gasteiger partial charge in [-0.2, -0.15) is 0 Å². The van der Waals surface area contributed by atoms with Gasteiger partial charge in [0.15, 0.2) is 0 Å². The van der Waals surface area contributed by atoms with Crippen LogP contribution in [0.15, 0.2) is 12.2 Å². The molecule has 0 spiro atoms. The van der Waals surface area contributed by atoms with E-state index in [9.17, 15) is 0 Å². The predicted molar refractivity (Wildman–Crippen MR) is 103 cm³/mol. The third-order valence-electron chi connectivity index (χ3n) is 6.13. The zero-order chi connectivity index (χ0) is 17.9. The van der Waals surface area contributed by atoms with Crippen molar-refractivity contribution in [1.82, 2.24) is 0 Å². The number of allylic oxidation sites excluding steroid dienone is 2. The summed E-state index contributed by atoms with van der Waals surface area (Å²) >= 11 is 0.